The second-order valence-electron chi connectivity index (χ2n) is 6.92. The number of rotatable bonds is 6. The van der Waals surface area contributed by atoms with Crippen LogP contribution in [0.3, 0.4) is 0 Å². The lowest BCUT2D eigenvalue weighted by molar-refractivity contribution is 0.594. The zero-order valence-corrected chi connectivity index (χ0v) is 16.5. The lowest BCUT2D eigenvalue weighted by atomic mass is 10.0. The third-order valence-corrected chi connectivity index (χ3v) is 6.90. The molecular weight excluding hydrogens is 344 g/mol. The average molecular weight is 373 g/mol. The molecule has 4 nitrogen and oxygen atoms in total. The molecule has 0 bridgehead atoms. The van der Waals surface area contributed by atoms with Gasteiger partial charge in [-0.2, -0.15) is 0 Å². The Morgan fingerprint density at radius 1 is 1.00 bits per heavy atom. The fourth-order valence-corrected chi connectivity index (χ4v) is 4.55. The van der Waals surface area contributed by atoms with Crippen molar-refractivity contribution in [2.75, 3.05) is 24.4 Å². The number of benzene rings is 2. The highest BCUT2D eigenvalue weighted by Crippen LogP contribution is 2.26. The SMILES string of the molecule is CCCCc1ccc(S(=O)(=O)N(C)c2ccc3c(c2)CCNCC3)cc1. The van der Waals surface area contributed by atoms with Crippen LogP contribution in [0.15, 0.2) is 47.4 Å². The van der Waals surface area contributed by atoms with Gasteiger partial charge in [-0.3, -0.25) is 4.31 Å². The van der Waals surface area contributed by atoms with Crippen molar-refractivity contribution < 1.29 is 8.42 Å². The molecular formula is C21H28N2O2S. The molecule has 0 radical (unpaired) electrons. The molecule has 0 atom stereocenters. The van der Waals surface area contributed by atoms with Crippen LogP contribution < -0.4 is 9.62 Å². The number of nitrogens with one attached hydrogen (secondary N) is 1. The quantitative estimate of drug-likeness (QED) is 0.844. The van der Waals surface area contributed by atoms with Crippen LogP contribution in [0.5, 0.6) is 0 Å². The van der Waals surface area contributed by atoms with Gasteiger partial charge in [0.15, 0.2) is 0 Å². The molecule has 0 saturated carbocycles. The number of hydrogen-bond donors (Lipinski definition) is 1. The van der Waals surface area contributed by atoms with Gasteiger partial charge >= 0.3 is 0 Å². The summed E-state index contributed by atoms with van der Waals surface area (Å²) in [7, 11) is -1.91. The first-order valence-corrected chi connectivity index (χ1v) is 10.9. The summed E-state index contributed by atoms with van der Waals surface area (Å²) < 4.78 is 27.4. The second kappa shape index (κ2) is 8.23. The zero-order valence-electron chi connectivity index (χ0n) is 15.7. The van der Waals surface area contributed by atoms with E-state index in [2.05, 4.69) is 18.3 Å². The smallest absolute Gasteiger partial charge is 0.264 e. The van der Waals surface area contributed by atoms with Gasteiger partial charge in [-0.1, -0.05) is 31.5 Å². The van der Waals surface area contributed by atoms with Gasteiger partial charge < -0.3 is 5.32 Å². The fraction of sp³-hybridized carbons (Fsp3) is 0.429. The summed E-state index contributed by atoms with van der Waals surface area (Å²) in [5, 5.41) is 3.39. The molecule has 5 heteroatoms. The largest absolute Gasteiger partial charge is 0.316 e. The highest BCUT2D eigenvalue weighted by Gasteiger charge is 2.22. The molecule has 140 valence electrons. The Morgan fingerprint density at radius 3 is 2.38 bits per heavy atom. The third kappa shape index (κ3) is 4.10. The fourth-order valence-electron chi connectivity index (χ4n) is 3.36. The molecule has 1 N–H and O–H groups in total. The maximum absolute atomic E-state index is 13.0. The van der Waals surface area contributed by atoms with E-state index in [1.54, 1.807) is 19.2 Å². The Labute approximate surface area is 157 Å². The van der Waals surface area contributed by atoms with E-state index in [4.69, 9.17) is 0 Å². The predicted octanol–water partition coefficient (Wildman–Crippen LogP) is 3.54. The van der Waals surface area contributed by atoms with Crippen LogP contribution in [0.1, 0.15) is 36.5 Å². The molecule has 0 fully saturated rings. The second-order valence-corrected chi connectivity index (χ2v) is 8.89. The molecule has 2 aromatic rings. The van der Waals surface area contributed by atoms with Crippen molar-refractivity contribution in [3.63, 3.8) is 0 Å². The van der Waals surface area contributed by atoms with Crippen molar-refractivity contribution in [1.82, 2.24) is 5.32 Å². The first-order chi connectivity index (χ1) is 12.5. The predicted molar refractivity (Wildman–Crippen MR) is 107 cm³/mol. The summed E-state index contributed by atoms with van der Waals surface area (Å²) in [6.45, 7) is 4.07. The van der Waals surface area contributed by atoms with E-state index in [0.29, 0.717) is 4.90 Å². The minimum atomic E-state index is -3.55. The Bertz CT molecular complexity index is 845. The first-order valence-electron chi connectivity index (χ1n) is 9.43. The molecule has 1 aliphatic heterocycles. The molecule has 3 rings (SSSR count). The Hall–Kier alpha value is -1.85. The number of nitrogens with zero attached hydrogens (tertiary/aromatic N) is 1. The van der Waals surface area contributed by atoms with Crippen molar-refractivity contribution in [1.29, 1.82) is 0 Å². The molecule has 0 aliphatic carbocycles. The number of unbranched alkanes of at least 4 members (excludes halogenated alkanes) is 1. The lowest BCUT2D eigenvalue weighted by Gasteiger charge is -2.21. The van der Waals surface area contributed by atoms with E-state index < -0.39 is 10.0 Å². The van der Waals surface area contributed by atoms with Gasteiger partial charge in [0, 0.05) is 7.05 Å². The topological polar surface area (TPSA) is 49.4 Å². The van der Waals surface area contributed by atoms with Crippen molar-refractivity contribution in [2.45, 2.75) is 43.9 Å². The first kappa shape index (κ1) is 18.9. The van der Waals surface area contributed by atoms with Crippen molar-refractivity contribution in [3.8, 4) is 0 Å². The van der Waals surface area contributed by atoms with E-state index in [9.17, 15) is 8.42 Å². The summed E-state index contributed by atoms with van der Waals surface area (Å²) in [5.74, 6) is 0. The summed E-state index contributed by atoms with van der Waals surface area (Å²) in [6.07, 6.45) is 5.17. The lowest BCUT2D eigenvalue weighted by Crippen LogP contribution is -2.26. The number of hydrogen-bond acceptors (Lipinski definition) is 3. The monoisotopic (exact) mass is 372 g/mol. The number of aryl methyl sites for hydroxylation is 1. The summed E-state index contributed by atoms with van der Waals surface area (Å²) in [6, 6.07) is 13.3. The molecule has 2 aromatic carbocycles. The van der Waals surface area contributed by atoms with Crippen LogP contribution in [0.2, 0.25) is 0 Å². The maximum Gasteiger partial charge on any atom is 0.264 e. The normalized spacial score (nSPS) is 14.5. The average Bonchev–Trinajstić information content (AvgIpc) is 2.90. The van der Waals surface area contributed by atoms with Gasteiger partial charge in [-0.15, -0.1) is 0 Å². The Morgan fingerprint density at radius 2 is 1.69 bits per heavy atom. The van der Waals surface area contributed by atoms with Crippen LogP contribution in [0.25, 0.3) is 0 Å². The Balaban J connectivity index is 1.83. The molecule has 1 aliphatic rings. The Kier molecular flexibility index (Phi) is 5.99. The van der Waals surface area contributed by atoms with E-state index in [1.165, 1.54) is 21.0 Å². The van der Waals surface area contributed by atoms with Crippen LogP contribution >= 0.6 is 0 Å². The van der Waals surface area contributed by atoms with Crippen molar-refractivity contribution in [2.24, 2.45) is 0 Å². The minimum Gasteiger partial charge on any atom is -0.316 e. The minimum absolute atomic E-state index is 0.344. The molecule has 1 heterocycles. The van der Waals surface area contributed by atoms with Gasteiger partial charge in [-0.05, 0) is 79.7 Å². The maximum atomic E-state index is 13.0. The number of anilines is 1. The van der Waals surface area contributed by atoms with Crippen LogP contribution in [0, 0.1) is 0 Å². The molecule has 0 spiro atoms. The summed E-state index contributed by atoms with van der Waals surface area (Å²) >= 11 is 0. The van der Waals surface area contributed by atoms with Gasteiger partial charge in [-0.25, -0.2) is 8.42 Å². The number of sulfonamides is 1. The highest BCUT2D eigenvalue weighted by atomic mass is 32.2. The van der Waals surface area contributed by atoms with E-state index in [-0.39, 0.29) is 0 Å². The van der Waals surface area contributed by atoms with Crippen LogP contribution in [0.4, 0.5) is 5.69 Å². The molecule has 0 unspecified atom stereocenters. The summed E-state index contributed by atoms with van der Waals surface area (Å²) in [4.78, 5) is 0.344. The van der Waals surface area contributed by atoms with E-state index in [1.807, 2.05) is 24.3 Å². The zero-order chi connectivity index (χ0) is 18.6. The van der Waals surface area contributed by atoms with Crippen molar-refractivity contribution >= 4 is 15.7 Å². The molecule has 0 saturated heterocycles. The molecule has 26 heavy (non-hydrogen) atoms. The van der Waals surface area contributed by atoms with Crippen LogP contribution in [-0.2, 0) is 29.3 Å². The van der Waals surface area contributed by atoms with E-state index in [0.717, 1.165) is 50.9 Å². The van der Waals surface area contributed by atoms with Crippen LogP contribution in [-0.4, -0.2) is 28.6 Å². The molecule has 0 aromatic heterocycles. The highest BCUT2D eigenvalue weighted by molar-refractivity contribution is 7.92. The van der Waals surface area contributed by atoms with Crippen molar-refractivity contribution in [3.05, 3.63) is 59.2 Å². The molecule has 0 amide bonds. The van der Waals surface area contributed by atoms with Gasteiger partial charge in [0.2, 0.25) is 0 Å². The van der Waals surface area contributed by atoms with Gasteiger partial charge in [0.25, 0.3) is 10.0 Å². The number of fused-ring (bicyclic) bond motifs is 1. The van der Waals surface area contributed by atoms with E-state index >= 15 is 0 Å². The standard InChI is InChI=1S/C21H28N2O2S/c1-3-4-5-17-6-10-21(11-7-17)26(24,25)23(2)20-9-8-18-12-14-22-15-13-19(18)16-20/h6-11,16,22H,3-5,12-15H2,1-2H3. The summed E-state index contributed by atoms with van der Waals surface area (Å²) in [5.41, 5.74) is 4.46. The third-order valence-electron chi connectivity index (χ3n) is 5.10. The van der Waals surface area contributed by atoms with Gasteiger partial charge in [0.05, 0.1) is 10.6 Å². The van der Waals surface area contributed by atoms with Gasteiger partial charge in [0.1, 0.15) is 0 Å².